The van der Waals surface area contributed by atoms with Gasteiger partial charge in [0.25, 0.3) is 5.91 Å². The van der Waals surface area contributed by atoms with Gasteiger partial charge in [0.15, 0.2) is 18.1 Å². The maximum absolute atomic E-state index is 11.9. The van der Waals surface area contributed by atoms with Crippen molar-refractivity contribution in [1.29, 1.82) is 0 Å². The number of rotatable bonds is 7. The third kappa shape index (κ3) is 4.88. The van der Waals surface area contributed by atoms with Crippen molar-refractivity contribution in [2.75, 3.05) is 20.8 Å². The van der Waals surface area contributed by atoms with Crippen molar-refractivity contribution in [2.45, 2.75) is 38.6 Å². The van der Waals surface area contributed by atoms with E-state index < -0.39 is 0 Å². The van der Waals surface area contributed by atoms with Gasteiger partial charge in [-0.2, -0.15) is 0 Å². The largest absolute Gasteiger partial charge is 0.493 e. The van der Waals surface area contributed by atoms with Crippen molar-refractivity contribution in [3.8, 4) is 11.5 Å². The molecule has 0 aliphatic heterocycles. The summed E-state index contributed by atoms with van der Waals surface area (Å²) in [4.78, 5) is 17.0. The summed E-state index contributed by atoms with van der Waals surface area (Å²) >= 11 is 0. The Kier molecular flexibility index (Phi) is 6.90. The molecule has 0 radical (unpaired) electrons. The molecule has 1 amide bonds. The van der Waals surface area contributed by atoms with Crippen molar-refractivity contribution in [3.63, 3.8) is 0 Å². The Morgan fingerprint density at radius 2 is 2.08 bits per heavy atom. The lowest BCUT2D eigenvalue weighted by molar-refractivity contribution is -0.126. The summed E-state index contributed by atoms with van der Waals surface area (Å²) in [5, 5.41) is 6.88. The molecule has 0 heterocycles. The van der Waals surface area contributed by atoms with Crippen LogP contribution in [0.25, 0.3) is 0 Å². The molecule has 1 aliphatic rings. The molecule has 0 unspecified atom stereocenters. The zero-order valence-corrected chi connectivity index (χ0v) is 14.6. The van der Waals surface area contributed by atoms with Crippen molar-refractivity contribution in [1.82, 2.24) is 5.32 Å². The van der Waals surface area contributed by atoms with Gasteiger partial charge in [-0.05, 0) is 30.9 Å². The molecule has 0 aromatic heterocycles. The first-order valence-electron chi connectivity index (χ1n) is 8.31. The van der Waals surface area contributed by atoms with E-state index in [0.29, 0.717) is 17.4 Å². The smallest absolute Gasteiger partial charge is 0.261 e. The molecular formula is C18H26N2O4. The third-order valence-electron chi connectivity index (χ3n) is 4.35. The molecule has 0 saturated heterocycles. The number of para-hydroxylation sites is 1. The minimum atomic E-state index is -0.136. The average Bonchev–Trinajstić information content (AvgIpc) is 2.60. The first-order chi connectivity index (χ1) is 11.7. The van der Waals surface area contributed by atoms with Crippen LogP contribution in [0.5, 0.6) is 11.5 Å². The van der Waals surface area contributed by atoms with Crippen molar-refractivity contribution in [2.24, 2.45) is 11.1 Å². The van der Waals surface area contributed by atoms with Gasteiger partial charge in [0.1, 0.15) is 0 Å². The minimum Gasteiger partial charge on any atom is -0.493 e. The van der Waals surface area contributed by atoms with E-state index in [2.05, 4.69) is 17.4 Å². The number of ether oxygens (including phenoxy) is 2. The van der Waals surface area contributed by atoms with Crippen molar-refractivity contribution in [3.05, 3.63) is 23.8 Å². The quantitative estimate of drug-likeness (QED) is 0.615. The molecule has 132 valence electrons. The fourth-order valence-corrected chi connectivity index (χ4v) is 2.98. The van der Waals surface area contributed by atoms with E-state index in [0.717, 1.165) is 12.0 Å². The molecular weight excluding hydrogens is 308 g/mol. The van der Waals surface area contributed by atoms with E-state index in [1.807, 2.05) is 12.1 Å². The summed E-state index contributed by atoms with van der Waals surface area (Å²) in [6, 6.07) is 5.71. The molecule has 2 rings (SSSR count). The summed E-state index contributed by atoms with van der Waals surface area (Å²) in [7, 11) is 3.14. The Bertz CT molecular complexity index is 574. The summed E-state index contributed by atoms with van der Waals surface area (Å²) in [5.41, 5.74) is 0.721. The number of benzene rings is 1. The zero-order valence-electron chi connectivity index (χ0n) is 14.6. The predicted molar refractivity (Wildman–Crippen MR) is 92.7 cm³/mol. The van der Waals surface area contributed by atoms with E-state index in [4.69, 9.17) is 14.3 Å². The Morgan fingerprint density at radius 3 is 2.79 bits per heavy atom. The van der Waals surface area contributed by atoms with Gasteiger partial charge in [-0.1, -0.05) is 31.0 Å². The number of methoxy groups -OCH3 is 2. The van der Waals surface area contributed by atoms with E-state index in [-0.39, 0.29) is 18.6 Å². The van der Waals surface area contributed by atoms with E-state index in [9.17, 15) is 4.79 Å². The van der Waals surface area contributed by atoms with Crippen LogP contribution in [0.3, 0.4) is 0 Å². The van der Waals surface area contributed by atoms with Crippen LogP contribution in [0.15, 0.2) is 23.4 Å². The molecule has 0 bridgehead atoms. The highest BCUT2D eigenvalue weighted by atomic mass is 16.6. The minimum absolute atomic E-state index is 0.0913. The summed E-state index contributed by atoms with van der Waals surface area (Å²) in [5.74, 6) is 1.58. The summed E-state index contributed by atoms with van der Waals surface area (Å²) < 4.78 is 10.5. The molecule has 0 spiro atoms. The van der Waals surface area contributed by atoms with Gasteiger partial charge >= 0.3 is 0 Å². The van der Waals surface area contributed by atoms with Crippen molar-refractivity contribution >= 4 is 12.1 Å². The number of carbonyl (C=O) groups excluding carboxylic acids is 1. The van der Waals surface area contributed by atoms with Gasteiger partial charge in [0.05, 0.1) is 20.4 Å². The van der Waals surface area contributed by atoms with Crippen LogP contribution in [0, 0.1) is 5.92 Å². The monoisotopic (exact) mass is 334 g/mol. The maximum Gasteiger partial charge on any atom is 0.261 e. The van der Waals surface area contributed by atoms with Crippen LogP contribution in [0.4, 0.5) is 0 Å². The van der Waals surface area contributed by atoms with E-state index in [1.54, 1.807) is 20.3 Å². The second kappa shape index (κ2) is 9.15. The van der Waals surface area contributed by atoms with Crippen LogP contribution in [-0.2, 0) is 9.63 Å². The van der Waals surface area contributed by atoms with E-state index in [1.165, 1.54) is 25.5 Å². The SMILES string of the molecule is COc1cccc(/C=N\OCC(=O)N[C@@H]2CCCC[C@H]2C)c1OC. The number of oxime groups is 1. The number of amides is 1. The second-order valence-corrected chi connectivity index (χ2v) is 6.03. The Balaban J connectivity index is 1.83. The molecule has 1 aromatic carbocycles. The molecule has 1 N–H and O–H groups in total. The Morgan fingerprint density at radius 1 is 1.29 bits per heavy atom. The lowest BCUT2D eigenvalue weighted by Gasteiger charge is -2.29. The molecule has 1 saturated carbocycles. The lowest BCUT2D eigenvalue weighted by atomic mass is 9.86. The molecule has 2 atom stereocenters. The number of nitrogens with zero attached hydrogens (tertiary/aromatic N) is 1. The maximum atomic E-state index is 11.9. The highest BCUT2D eigenvalue weighted by molar-refractivity contribution is 5.84. The first-order valence-corrected chi connectivity index (χ1v) is 8.31. The van der Waals surface area contributed by atoms with Crippen LogP contribution in [-0.4, -0.2) is 39.0 Å². The van der Waals surface area contributed by atoms with Gasteiger partial charge in [0.2, 0.25) is 0 Å². The fraction of sp³-hybridized carbons (Fsp3) is 0.556. The normalized spacial score (nSPS) is 20.6. The van der Waals surface area contributed by atoms with Crippen LogP contribution in [0.1, 0.15) is 38.2 Å². The average molecular weight is 334 g/mol. The predicted octanol–water partition coefficient (Wildman–Crippen LogP) is 2.75. The molecule has 1 fully saturated rings. The molecule has 1 aromatic rings. The number of carbonyl (C=O) groups is 1. The topological polar surface area (TPSA) is 69.2 Å². The first kappa shape index (κ1) is 18.1. The lowest BCUT2D eigenvalue weighted by Crippen LogP contribution is -2.42. The van der Waals surface area contributed by atoms with Crippen molar-refractivity contribution < 1.29 is 19.1 Å². The second-order valence-electron chi connectivity index (χ2n) is 6.03. The standard InChI is InChI=1S/C18H26N2O4/c1-13-7-4-5-9-15(13)20-17(21)12-24-19-11-14-8-6-10-16(22-2)18(14)23-3/h6,8,10-11,13,15H,4-5,7,9,12H2,1-3H3,(H,20,21)/b19-11-/t13-,15-/m1/s1. The van der Waals surface area contributed by atoms with Gasteiger partial charge in [0, 0.05) is 11.6 Å². The highest BCUT2D eigenvalue weighted by Crippen LogP contribution is 2.29. The fourth-order valence-electron chi connectivity index (χ4n) is 2.98. The van der Waals surface area contributed by atoms with Crippen LogP contribution >= 0.6 is 0 Å². The number of hydrogen-bond donors (Lipinski definition) is 1. The summed E-state index contributed by atoms with van der Waals surface area (Å²) in [6.45, 7) is 2.09. The van der Waals surface area contributed by atoms with Crippen LogP contribution in [0.2, 0.25) is 0 Å². The van der Waals surface area contributed by atoms with E-state index >= 15 is 0 Å². The summed E-state index contributed by atoms with van der Waals surface area (Å²) in [6.07, 6.45) is 6.13. The van der Waals surface area contributed by atoms with Crippen LogP contribution < -0.4 is 14.8 Å². The Hall–Kier alpha value is -2.24. The zero-order chi connectivity index (χ0) is 17.4. The Labute approximate surface area is 143 Å². The third-order valence-corrected chi connectivity index (χ3v) is 4.35. The van der Waals surface area contributed by atoms with Gasteiger partial charge < -0.3 is 19.6 Å². The molecule has 6 heteroatoms. The molecule has 24 heavy (non-hydrogen) atoms. The highest BCUT2D eigenvalue weighted by Gasteiger charge is 2.22. The van der Waals surface area contributed by atoms with Gasteiger partial charge in [-0.15, -0.1) is 0 Å². The number of hydrogen-bond acceptors (Lipinski definition) is 5. The number of nitrogens with one attached hydrogen (secondary N) is 1. The molecule has 6 nitrogen and oxygen atoms in total. The van der Waals surface area contributed by atoms with Gasteiger partial charge in [-0.25, -0.2) is 0 Å². The van der Waals surface area contributed by atoms with Gasteiger partial charge in [-0.3, -0.25) is 4.79 Å². The molecule has 1 aliphatic carbocycles.